The zero-order valence-electron chi connectivity index (χ0n) is 8.57. The predicted octanol–water partition coefficient (Wildman–Crippen LogP) is 0.216. The maximum Gasteiger partial charge on any atom is 2.00 e. The fraction of sp³-hybridized carbons (Fsp3) is 0.700. The normalized spacial score (nSPS) is 10.7. The van der Waals surface area contributed by atoms with Crippen LogP contribution in [0.1, 0.15) is 40.0 Å². The minimum absolute atomic E-state index is 0. The zero-order chi connectivity index (χ0) is 7.98. The topological polar surface area (TPSA) is 0 Å². The fourth-order valence-electron chi connectivity index (χ4n) is 0.801. The fourth-order valence-corrected chi connectivity index (χ4v) is 0.801. The van der Waals surface area contributed by atoms with E-state index in [-0.39, 0.29) is 40.0 Å². The summed E-state index contributed by atoms with van der Waals surface area (Å²) >= 11 is 0. The molecule has 0 amide bonds. The molecule has 0 radical (unpaired) electrons. The van der Waals surface area contributed by atoms with Gasteiger partial charge in [0, 0.05) is 0 Å². The third-order valence-corrected chi connectivity index (χ3v) is 1.70. The van der Waals surface area contributed by atoms with Crippen LogP contribution in [0.5, 0.6) is 0 Å². The molecule has 1 unspecified atom stereocenters. The quantitative estimate of drug-likeness (QED) is 0.376. The smallest absolute Gasteiger partial charge is 1.00 e. The zero-order valence-corrected chi connectivity index (χ0v) is 11.6. The van der Waals surface area contributed by atoms with Crippen LogP contribution in [-0.2, 0) is 0 Å². The van der Waals surface area contributed by atoms with Crippen molar-refractivity contribution in [3.05, 3.63) is 18.6 Å². The SMILES string of the molecule is [Br-].[CH2-]CC(C)CCC=C(C)C.[Mg+2]. The van der Waals surface area contributed by atoms with Crippen LogP contribution >= 0.6 is 0 Å². The second-order valence-electron chi connectivity index (χ2n) is 3.25. The van der Waals surface area contributed by atoms with Crippen molar-refractivity contribution < 1.29 is 17.0 Å². The van der Waals surface area contributed by atoms with Gasteiger partial charge in [-0.25, -0.2) is 0 Å². The molecule has 0 nitrogen and oxygen atoms in total. The molecule has 0 bridgehead atoms. The summed E-state index contributed by atoms with van der Waals surface area (Å²) in [5.74, 6) is 0.788. The summed E-state index contributed by atoms with van der Waals surface area (Å²) in [6.07, 6.45) is 5.87. The standard InChI is InChI=1S/C10H19.BrH.Mg/c1-5-10(4)8-6-7-9(2)3;;/h7,10H,1,5-6,8H2,2-4H3;1H;/q-1;;+2/p-1. The first-order chi connectivity index (χ1) is 4.66. The Morgan fingerprint density at radius 2 is 1.92 bits per heavy atom. The number of hydrogen-bond acceptors (Lipinski definition) is 0. The third-order valence-electron chi connectivity index (χ3n) is 1.70. The van der Waals surface area contributed by atoms with E-state index in [1.807, 2.05) is 0 Å². The Bertz CT molecular complexity index is 106. The maximum absolute atomic E-state index is 3.86. The van der Waals surface area contributed by atoms with E-state index in [9.17, 15) is 0 Å². The number of rotatable bonds is 4. The molecule has 0 aliphatic carbocycles. The molecule has 0 spiro atoms. The van der Waals surface area contributed by atoms with Crippen LogP contribution in [0, 0.1) is 12.8 Å². The summed E-state index contributed by atoms with van der Waals surface area (Å²) in [6, 6.07) is 0. The molecular weight excluding hydrogens is 224 g/mol. The van der Waals surface area contributed by atoms with Crippen LogP contribution in [0.25, 0.3) is 0 Å². The first-order valence-corrected chi connectivity index (χ1v) is 4.09. The Morgan fingerprint density at radius 3 is 2.25 bits per heavy atom. The summed E-state index contributed by atoms with van der Waals surface area (Å²) in [5.41, 5.74) is 1.43. The van der Waals surface area contributed by atoms with E-state index in [1.54, 1.807) is 0 Å². The summed E-state index contributed by atoms with van der Waals surface area (Å²) < 4.78 is 0. The van der Waals surface area contributed by atoms with Crippen molar-refractivity contribution in [3.8, 4) is 0 Å². The van der Waals surface area contributed by atoms with Gasteiger partial charge in [-0.3, -0.25) is 0 Å². The molecule has 0 aliphatic heterocycles. The Kier molecular flexibility index (Phi) is 18.7. The monoisotopic (exact) mass is 242 g/mol. The van der Waals surface area contributed by atoms with Crippen LogP contribution in [0.15, 0.2) is 11.6 Å². The van der Waals surface area contributed by atoms with E-state index in [4.69, 9.17) is 0 Å². The molecule has 0 heterocycles. The van der Waals surface area contributed by atoms with Gasteiger partial charge in [-0.05, 0) is 26.7 Å². The van der Waals surface area contributed by atoms with Crippen molar-refractivity contribution in [3.63, 3.8) is 0 Å². The number of hydrogen-bond donors (Lipinski definition) is 0. The Balaban J connectivity index is -0.000000405. The van der Waals surface area contributed by atoms with Gasteiger partial charge in [0.15, 0.2) is 0 Å². The summed E-state index contributed by atoms with van der Waals surface area (Å²) in [6.45, 7) is 10.4. The van der Waals surface area contributed by atoms with E-state index in [0.29, 0.717) is 0 Å². The summed E-state index contributed by atoms with van der Waals surface area (Å²) in [5, 5.41) is 0. The van der Waals surface area contributed by atoms with Gasteiger partial charge in [0.2, 0.25) is 0 Å². The molecule has 0 rings (SSSR count). The van der Waals surface area contributed by atoms with Crippen molar-refractivity contribution in [2.75, 3.05) is 0 Å². The van der Waals surface area contributed by atoms with Gasteiger partial charge in [0.25, 0.3) is 0 Å². The average Bonchev–Trinajstić information content (AvgIpc) is 1.87. The van der Waals surface area contributed by atoms with E-state index >= 15 is 0 Å². The summed E-state index contributed by atoms with van der Waals surface area (Å²) in [4.78, 5) is 0. The second kappa shape index (κ2) is 12.0. The van der Waals surface area contributed by atoms with Crippen LogP contribution in [0.4, 0.5) is 0 Å². The number of allylic oxidation sites excluding steroid dienone is 2. The molecule has 68 valence electrons. The Hall–Kier alpha value is 0.986. The molecule has 1 atom stereocenters. The molecule has 0 saturated carbocycles. The van der Waals surface area contributed by atoms with E-state index in [2.05, 4.69) is 33.8 Å². The van der Waals surface area contributed by atoms with Crippen LogP contribution in [0.3, 0.4) is 0 Å². The van der Waals surface area contributed by atoms with Crippen molar-refractivity contribution in [2.45, 2.75) is 40.0 Å². The molecule has 12 heavy (non-hydrogen) atoms. The Labute approximate surface area is 104 Å². The predicted molar refractivity (Wildman–Crippen MR) is 53.6 cm³/mol. The molecule has 0 fully saturated rings. The largest absolute Gasteiger partial charge is 2.00 e. The van der Waals surface area contributed by atoms with E-state index < -0.39 is 0 Å². The van der Waals surface area contributed by atoms with Crippen LogP contribution < -0.4 is 17.0 Å². The van der Waals surface area contributed by atoms with Gasteiger partial charge in [0.1, 0.15) is 0 Å². The molecule has 0 saturated heterocycles. The van der Waals surface area contributed by atoms with E-state index in [0.717, 1.165) is 12.3 Å². The third kappa shape index (κ3) is 13.6. The molecule has 2 heteroatoms. The van der Waals surface area contributed by atoms with Crippen molar-refractivity contribution in [1.29, 1.82) is 0 Å². The Morgan fingerprint density at radius 1 is 1.42 bits per heavy atom. The summed E-state index contributed by atoms with van der Waals surface area (Å²) in [7, 11) is 0. The molecule has 0 aromatic heterocycles. The van der Waals surface area contributed by atoms with Crippen molar-refractivity contribution >= 4 is 23.1 Å². The van der Waals surface area contributed by atoms with Crippen LogP contribution in [-0.4, -0.2) is 23.1 Å². The van der Waals surface area contributed by atoms with Crippen molar-refractivity contribution in [1.82, 2.24) is 0 Å². The molecular formula is C10H19BrMg. The van der Waals surface area contributed by atoms with Crippen molar-refractivity contribution in [2.24, 2.45) is 5.92 Å². The molecule has 0 aromatic carbocycles. The van der Waals surface area contributed by atoms with Gasteiger partial charge in [-0.15, -0.1) is 0 Å². The first kappa shape index (κ1) is 18.7. The molecule has 0 aromatic rings. The van der Waals surface area contributed by atoms with Gasteiger partial charge in [-0.2, -0.15) is 6.42 Å². The van der Waals surface area contributed by atoms with E-state index in [1.165, 1.54) is 18.4 Å². The minimum atomic E-state index is 0. The van der Waals surface area contributed by atoms with Gasteiger partial charge >= 0.3 is 23.1 Å². The van der Waals surface area contributed by atoms with Gasteiger partial charge in [-0.1, -0.05) is 24.5 Å². The van der Waals surface area contributed by atoms with Crippen LogP contribution in [0.2, 0.25) is 0 Å². The molecule has 0 aliphatic rings. The average molecular weight is 243 g/mol. The maximum atomic E-state index is 3.86. The first-order valence-electron chi connectivity index (χ1n) is 4.09. The minimum Gasteiger partial charge on any atom is -1.00 e. The molecule has 0 N–H and O–H groups in total. The second-order valence-corrected chi connectivity index (χ2v) is 3.25. The van der Waals surface area contributed by atoms with Gasteiger partial charge < -0.3 is 23.9 Å². The number of halogens is 1. The van der Waals surface area contributed by atoms with Gasteiger partial charge in [0.05, 0.1) is 0 Å².